The third-order valence-electron chi connectivity index (χ3n) is 9.18. The molecule has 5 nitrogen and oxygen atoms in total. The molecule has 160 valence electrons. The van der Waals surface area contributed by atoms with Crippen molar-refractivity contribution in [3.63, 3.8) is 0 Å². The van der Waals surface area contributed by atoms with E-state index in [1.54, 1.807) is 6.08 Å². The molecule has 0 amide bonds. The first-order valence-electron chi connectivity index (χ1n) is 11.7. The summed E-state index contributed by atoms with van der Waals surface area (Å²) < 4.78 is 6.19. The number of hydrogen-bond acceptors (Lipinski definition) is 5. The van der Waals surface area contributed by atoms with Gasteiger partial charge in [-0.2, -0.15) is 0 Å². The second kappa shape index (κ2) is 6.58. The lowest BCUT2D eigenvalue weighted by Crippen LogP contribution is -2.55. The number of aliphatic hydroxyl groups is 1. The third kappa shape index (κ3) is 2.78. The number of aliphatic imine (C=N–C) groups is 1. The number of carbonyl (C=O) groups excluding carboxylic acids is 1. The van der Waals surface area contributed by atoms with Crippen molar-refractivity contribution in [2.45, 2.75) is 75.2 Å². The number of fused-ring (bicyclic) bond motifs is 3. The quantitative estimate of drug-likeness (QED) is 0.579. The molecule has 1 heterocycles. The van der Waals surface area contributed by atoms with Crippen LogP contribution in [0.15, 0.2) is 17.1 Å². The van der Waals surface area contributed by atoms with Gasteiger partial charge in [0, 0.05) is 11.5 Å². The Morgan fingerprint density at radius 3 is 2.70 bits per heavy atom. The number of hydrogen-bond donors (Lipinski definition) is 2. The fraction of sp³-hybridized carbons (Fsp3) is 0.720. The van der Waals surface area contributed by atoms with E-state index in [0.29, 0.717) is 36.7 Å². The molecule has 1 aliphatic heterocycles. The number of rotatable bonds is 3. The summed E-state index contributed by atoms with van der Waals surface area (Å²) in [5, 5.41) is 21.4. The van der Waals surface area contributed by atoms with Crippen LogP contribution < -0.4 is 4.74 Å². The normalized spacial score (nSPS) is 43.3. The highest BCUT2D eigenvalue weighted by molar-refractivity contribution is 5.53. The summed E-state index contributed by atoms with van der Waals surface area (Å²) in [5.41, 5.74) is 2.30. The third-order valence-corrected chi connectivity index (χ3v) is 9.18. The Labute approximate surface area is 177 Å². The van der Waals surface area contributed by atoms with Crippen molar-refractivity contribution in [3.8, 4) is 11.5 Å². The van der Waals surface area contributed by atoms with Gasteiger partial charge in [-0.25, -0.2) is 9.79 Å². The number of aromatic hydroxyl groups is 1. The molecule has 2 N–H and O–H groups in total. The van der Waals surface area contributed by atoms with Crippen molar-refractivity contribution < 1.29 is 19.7 Å². The first-order valence-corrected chi connectivity index (χ1v) is 11.7. The number of benzene rings is 1. The second-order valence-corrected chi connectivity index (χ2v) is 11.2. The van der Waals surface area contributed by atoms with Crippen molar-refractivity contribution >= 4 is 6.08 Å². The van der Waals surface area contributed by atoms with E-state index in [9.17, 15) is 15.0 Å². The lowest BCUT2D eigenvalue weighted by Gasteiger charge is -2.62. The second-order valence-electron chi connectivity index (χ2n) is 11.2. The molecule has 5 fully saturated rings. The van der Waals surface area contributed by atoms with Gasteiger partial charge in [0.15, 0.2) is 0 Å². The molecular formula is C25H31NO4. The molecule has 7 rings (SSSR count). The zero-order chi connectivity index (χ0) is 20.5. The standard InChI is InChI=1S/C25H31NO4/c27-14-26-13-24-7-15-3-16(8-24)10-25(9-15,12-24)18-4-21(29)23-20-6-19(28)2-1-17(20)11-30-22(23)5-18/h4-5,15-17,19-20,28-29H,1-3,6-13H2/t15-,16+,17-,19+,20+,24?,25?/m0/s1. The van der Waals surface area contributed by atoms with E-state index < -0.39 is 0 Å². The van der Waals surface area contributed by atoms with E-state index in [4.69, 9.17) is 4.74 Å². The minimum absolute atomic E-state index is 0.0568. The molecule has 7 atom stereocenters. The molecule has 30 heavy (non-hydrogen) atoms. The van der Waals surface area contributed by atoms with Gasteiger partial charge in [0.2, 0.25) is 6.08 Å². The van der Waals surface area contributed by atoms with Gasteiger partial charge in [-0.05, 0) is 104 Å². The number of phenolic OH excluding ortho intramolecular Hbond substituents is 1. The predicted octanol–water partition coefficient (Wildman–Crippen LogP) is 4.20. The molecule has 0 saturated heterocycles. The Bertz CT molecular complexity index is 906. The van der Waals surface area contributed by atoms with Gasteiger partial charge in [0.1, 0.15) is 11.5 Å². The van der Waals surface area contributed by atoms with Crippen molar-refractivity contribution in [2.24, 2.45) is 28.2 Å². The summed E-state index contributed by atoms with van der Waals surface area (Å²) >= 11 is 0. The van der Waals surface area contributed by atoms with Gasteiger partial charge in [0.05, 0.1) is 19.3 Å². The van der Waals surface area contributed by atoms with Crippen LogP contribution in [0.3, 0.4) is 0 Å². The fourth-order valence-electron chi connectivity index (χ4n) is 8.55. The van der Waals surface area contributed by atoms with Crippen molar-refractivity contribution in [1.29, 1.82) is 0 Å². The summed E-state index contributed by atoms with van der Waals surface area (Å²) in [5.74, 6) is 3.13. The zero-order valence-electron chi connectivity index (χ0n) is 17.5. The molecule has 5 heteroatoms. The molecule has 2 unspecified atom stereocenters. The van der Waals surface area contributed by atoms with Crippen LogP contribution in [0.5, 0.6) is 11.5 Å². The lowest BCUT2D eigenvalue weighted by molar-refractivity contribution is -0.0665. The van der Waals surface area contributed by atoms with E-state index in [2.05, 4.69) is 11.1 Å². The van der Waals surface area contributed by atoms with E-state index in [0.717, 1.165) is 37.0 Å². The molecule has 5 aliphatic carbocycles. The van der Waals surface area contributed by atoms with Gasteiger partial charge in [-0.3, -0.25) is 0 Å². The van der Waals surface area contributed by atoms with Crippen molar-refractivity contribution in [3.05, 3.63) is 23.3 Å². The largest absolute Gasteiger partial charge is 0.508 e. The molecule has 4 bridgehead atoms. The van der Waals surface area contributed by atoms with E-state index in [1.807, 2.05) is 6.07 Å². The minimum atomic E-state index is -0.280. The Morgan fingerprint density at radius 2 is 1.93 bits per heavy atom. The van der Waals surface area contributed by atoms with Crippen LogP contribution >= 0.6 is 0 Å². The zero-order valence-corrected chi connectivity index (χ0v) is 17.5. The summed E-state index contributed by atoms with van der Waals surface area (Å²) in [7, 11) is 0. The maximum atomic E-state index is 11.1. The van der Waals surface area contributed by atoms with E-state index in [-0.39, 0.29) is 22.9 Å². The van der Waals surface area contributed by atoms with E-state index in [1.165, 1.54) is 37.7 Å². The van der Waals surface area contributed by atoms with Gasteiger partial charge in [-0.15, -0.1) is 0 Å². The maximum absolute atomic E-state index is 11.1. The summed E-state index contributed by atoms with van der Waals surface area (Å²) in [6.07, 6.45) is 11.0. The Morgan fingerprint density at radius 1 is 1.13 bits per heavy atom. The van der Waals surface area contributed by atoms with Crippen molar-refractivity contribution in [1.82, 2.24) is 0 Å². The molecule has 6 aliphatic rings. The van der Waals surface area contributed by atoms with Crippen molar-refractivity contribution in [2.75, 3.05) is 13.2 Å². The monoisotopic (exact) mass is 409 g/mol. The minimum Gasteiger partial charge on any atom is -0.508 e. The van der Waals surface area contributed by atoms with Gasteiger partial charge in [0.25, 0.3) is 0 Å². The van der Waals surface area contributed by atoms with Crippen LogP contribution in [0.2, 0.25) is 0 Å². The summed E-state index contributed by atoms with van der Waals surface area (Å²) in [6, 6.07) is 4.21. The molecule has 0 spiro atoms. The van der Waals surface area contributed by atoms with Crippen LogP contribution in [0.1, 0.15) is 74.8 Å². The van der Waals surface area contributed by atoms with Crippen LogP contribution in [0.25, 0.3) is 0 Å². The molecule has 1 aromatic carbocycles. The summed E-state index contributed by atoms with van der Waals surface area (Å²) in [4.78, 5) is 14.9. The first-order chi connectivity index (χ1) is 14.5. The van der Waals surface area contributed by atoms with Crippen LogP contribution in [-0.4, -0.2) is 35.5 Å². The maximum Gasteiger partial charge on any atom is 0.234 e. The molecule has 0 aromatic heterocycles. The number of nitrogens with zero attached hydrogens (tertiary/aromatic N) is 1. The topological polar surface area (TPSA) is 79.1 Å². The molecular weight excluding hydrogens is 378 g/mol. The lowest BCUT2D eigenvalue weighted by atomic mass is 9.43. The van der Waals surface area contributed by atoms with E-state index >= 15 is 0 Å². The smallest absolute Gasteiger partial charge is 0.234 e. The average molecular weight is 410 g/mol. The summed E-state index contributed by atoms with van der Waals surface area (Å²) in [6.45, 7) is 1.28. The van der Waals surface area contributed by atoms with Crippen LogP contribution in [-0.2, 0) is 10.2 Å². The first kappa shape index (κ1) is 18.9. The Balaban J connectivity index is 1.39. The predicted molar refractivity (Wildman–Crippen MR) is 111 cm³/mol. The Kier molecular flexibility index (Phi) is 4.14. The average Bonchev–Trinajstić information content (AvgIpc) is 2.71. The van der Waals surface area contributed by atoms with Gasteiger partial charge < -0.3 is 14.9 Å². The fourth-order valence-corrected chi connectivity index (χ4v) is 8.55. The SMILES string of the molecule is O=C=NCC12C[C@H]3C[C@@H](C1)CC(c1cc(O)c4c(c1)OC[C@@H]1CC[C@@H](O)C[C@@H]41)(C3)C2. The van der Waals surface area contributed by atoms with Crippen LogP contribution in [0.4, 0.5) is 0 Å². The molecule has 5 saturated carbocycles. The number of aliphatic hydroxyl groups excluding tert-OH is 1. The van der Waals surface area contributed by atoms with Gasteiger partial charge >= 0.3 is 0 Å². The highest BCUT2D eigenvalue weighted by atomic mass is 16.5. The number of isocyanates is 1. The van der Waals surface area contributed by atoms with Crippen LogP contribution in [0, 0.1) is 23.2 Å². The highest BCUT2D eigenvalue weighted by Gasteiger charge is 2.58. The number of ether oxygens (including phenoxy) is 1. The highest BCUT2D eigenvalue weighted by Crippen LogP contribution is 2.66. The Hall–Kier alpha value is -1.84. The molecule has 0 radical (unpaired) electrons. The number of phenols is 1. The molecule has 1 aromatic rings. The van der Waals surface area contributed by atoms with Gasteiger partial charge in [-0.1, -0.05) is 0 Å².